The van der Waals surface area contributed by atoms with E-state index in [1.807, 2.05) is 61.3 Å². The number of nitrogens with one attached hydrogen (secondary N) is 1. The number of hydrogen-bond donors (Lipinski definition) is 1. The predicted molar refractivity (Wildman–Crippen MR) is 113 cm³/mol. The largest absolute Gasteiger partial charge is 0.497 e. The summed E-state index contributed by atoms with van der Waals surface area (Å²) in [5.74, 6) is -0.199. The van der Waals surface area contributed by atoms with Crippen molar-refractivity contribution in [1.29, 1.82) is 0 Å². The van der Waals surface area contributed by atoms with Crippen LogP contribution in [-0.2, 0) is 22.4 Å². The number of imide groups is 2. The molecule has 7 heteroatoms. The van der Waals surface area contributed by atoms with Gasteiger partial charge in [0.25, 0.3) is 0 Å². The van der Waals surface area contributed by atoms with Gasteiger partial charge in [0.2, 0.25) is 11.8 Å². The fourth-order valence-electron chi connectivity index (χ4n) is 4.36. The van der Waals surface area contributed by atoms with Gasteiger partial charge in [-0.3, -0.25) is 19.8 Å². The number of fused-ring (bicyclic) bond motifs is 1. The summed E-state index contributed by atoms with van der Waals surface area (Å²) in [7, 11) is 3.47. The second-order valence-electron chi connectivity index (χ2n) is 8.06. The standard InChI is InChI=1S/C23H25N3O4/c1-15-4-9-19-17(12-15)13-23(14-25(19)2)20(27)24-22(29)26(21(23)28)11-10-16-5-7-18(30-3)8-6-16/h4-9,12H,10-11,13-14H2,1-3H3,(H,24,27,29)/t23-/m0/s1. The number of nitrogens with zero attached hydrogens (tertiary/aromatic N) is 2. The van der Waals surface area contributed by atoms with Gasteiger partial charge in [0, 0.05) is 25.8 Å². The minimum atomic E-state index is -1.30. The van der Waals surface area contributed by atoms with Crippen molar-refractivity contribution in [2.45, 2.75) is 19.8 Å². The molecule has 2 heterocycles. The number of barbiturate groups is 1. The van der Waals surface area contributed by atoms with Crippen molar-refractivity contribution < 1.29 is 19.1 Å². The van der Waals surface area contributed by atoms with Crippen molar-refractivity contribution in [3.8, 4) is 5.75 Å². The molecular formula is C23H25N3O4. The maximum absolute atomic E-state index is 13.5. The highest BCUT2D eigenvalue weighted by molar-refractivity contribution is 6.20. The Labute approximate surface area is 175 Å². The van der Waals surface area contributed by atoms with E-state index < -0.39 is 23.3 Å². The average Bonchev–Trinajstić information content (AvgIpc) is 2.72. The lowest BCUT2D eigenvalue weighted by atomic mass is 9.74. The fraction of sp³-hybridized carbons (Fsp3) is 0.348. The quantitative estimate of drug-likeness (QED) is 0.787. The molecule has 0 unspecified atom stereocenters. The van der Waals surface area contributed by atoms with E-state index in [2.05, 4.69) is 5.32 Å². The lowest BCUT2D eigenvalue weighted by molar-refractivity contribution is -0.151. The molecule has 1 spiro atoms. The Morgan fingerprint density at radius 1 is 1.10 bits per heavy atom. The first-order valence-electron chi connectivity index (χ1n) is 9.95. The summed E-state index contributed by atoms with van der Waals surface area (Å²) < 4.78 is 5.16. The Balaban J connectivity index is 1.59. The molecule has 156 valence electrons. The lowest BCUT2D eigenvalue weighted by Gasteiger charge is -2.45. The summed E-state index contributed by atoms with van der Waals surface area (Å²) in [5, 5.41) is 2.42. The Hall–Kier alpha value is -3.35. The van der Waals surface area contributed by atoms with Gasteiger partial charge in [-0.05, 0) is 49.1 Å². The number of amides is 4. The highest BCUT2D eigenvalue weighted by Crippen LogP contribution is 2.39. The number of carbonyl (C=O) groups excluding carboxylic acids is 3. The van der Waals surface area contributed by atoms with Gasteiger partial charge in [-0.1, -0.05) is 29.8 Å². The van der Waals surface area contributed by atoms with Crippen LogP contribution >= 0.6 is 0 Å². The van der Waals surface area contributed by atoms with Gasteiger partial charge in [0.05, 0.1) is 7.11 Å². The van der Waals surface area contributed by atoms with Crippen LogP contribution in [0.15, 0.2) is 42.5 Å². The van der Waals surface area contributed by atoms with Crippen molar-refractivity contribution in [3.63, 3.8) is 0 Å². The number of ether oxygens (including phenoxy) is 1. The zero-order chi connectivity index (χ0) is 21.5. The average molecular weight is 407 g/mol. The van der Waals surface area contributed by atoms with Crippen LogP contribution in [0.5, 0.6) is 5.75 Å². The number of aryl methyl sites for hydroxylation is 1. The molecule has 0 radical (unpaired) electrons. The Morgan fingerprint density at radius 3 is 2.53 bits per heavy atom. The van der Waals surface area contributed by atoms with Crippen LogP contribution in [0.4, 0.5) is 10.5 Å². The maximum atomic E-state index is 13.5. The zero-order valence-electron chi connectivity index (χ0n) is 17.4. The third kappa shape index (κ3) is 3.30. The van der Waals surface area contributed by atoms with Gasteiger partial charge in [0.15, 0.2) is 0 Å². The van der Waals surface area contributed by atoms with Crippen LogP contribution in [-0.4, -0.2) is 50.0 Å². The molecule has 0 saturated carbocycles. The van der Waals surface area contributed by atoms with Crippen molar-refractivity contribution in [2.75, 3.05) is 32.1 Å². The number of rotatable bonds is 4. The molecule has 0 aliphatic carbocycles. The van der Waals surface area contributed by atoms with Crippen molar-refractivity contribution >= 4 is 23.5 Å². The summed E-state index contributed by atoms with van der Waals surface area (Å²) in [5.41, 5.74) is 2.69. The van der Waals surface area contributed by atoms with E-state index in [-0.39, 0.29) is 19.5 Å². The summed E-state index contributed by atoms with van der Waals surface area (Å²) in [6.07, 6.45) is 0.782. The highest BCUT2D eigenvalue weighted by Gasteiger charge is 2.56. The SMILES string of the molecule is COc1ccc(CCN2C(=O)NC(=O)[C@@]3(Cc4cc(C)ccc4N(C)C3)C2=O)cc1. The molecule has 1 atom stereocenters. The van der Waals surface area contributed by atoms with Crippen molar-refractivity contribution in [2.24, 2.45) is 5.41 Å². The molecule has 0 aromatic heterocycles. The molecule has 0 bridgehead atoms. The molecule has 7 nitrogen and oxygen atoms in total. The van der Waals surface area contributed by atoms with Crippen LogP contribution in [0.25, 0.3) is 0 Å². The number of methoxy groups -OCH3 is 1. The van der Waals surface area contributed by atoms with Crippen LogP contribution in [0.3, 0.4) is 0 Å². The molecule has 2 aromatic carbocycles. The molecule has 1 saturated heterocycles. The van der Waals surface area contributed by atoms with Gasteiger partial charge in [0.1, 0.15) is 11.2 Å². The Bertz CT molecular complexity index is 1020. The van der Waals surface area contributed by atoms with Crippen LogP contribution in [0, 0.1) is 12.3 Å². The normalized spacial score (nSPS) is 21.0. The Morgan fingerprint density at radius 2 is 1.83 bits per heavy atom. The number of benzene rings is 2. The first-order valence-corrected chi connectivity index (χ1v) is 9.95. The van der Waals surface area contributed by atoms with Gasteiger partial charge in [-0.2, -0.15) is 0 Å². The molecule has 4 amide bonds. The van der Waals surface area contributed by atoms with Gasteiger partial charge in [-0.15, -0.1) is 0 Å². The van der Waals surface area contributed by atoms with E-state index in [9.17, 15) is 14.4 Å². The van der Waals surface area contributed by atoms with E-state index in [1.54, 1.807) is 7.11 Å². The lowest BCUT2D eigenvalue weighted by Crippen LogP contribution is -2.68. The van der Waals surface area contributed by atoms with Crippen molar-refractivity contribution in [3.05, 3.63) is 59.2 Å². The van der Waals surface area contributed by atoms with E-state index in [4.69, 9.17) is 4.74 Å². The first kappa shape index (κ1) is 19.9. The van der Waals surface area contributed by atoms with Gasteiger partial charge >= 0.3 is 6.03 Å². The van der Waals surface area contributed by atoms with E-state index >= 15 is 0 Å². The summed E-state index contributed by atoms with van der Waals surface area (Å²) in [6.45, 7) is 2.42. The van der Waals surface area contributed by atoms with E-state index in [0.717, 1.165) is 28.1 Å². The molecule has 30 heavy (non-hydrogen) atoms. The molecule has 2 aromatic rings. The minimum absolute atomic E-state index is 0.205. The van der Waals surface area contributed by atoms with Crippen LogP contribution < -0.4 is 15.0 Å². The second kappa shape index (κ2) is 7.48. The Kier molecular flexibility index (Phi) is 4.97. The van der Waals surface area contributed by atoms with Crippen molar-refractivity contribution in [1.82, 2.24) is 10.2 Å². The van der Waals surface area contributed by atoms with Gasteiger partial charge in [-0.25, -0.2) is 4.79 Å². The number of urea groups is 1. The zero-order valence-corrected chi connectivity index (χ0v) is 17.4. The summed E-state index contributed by atoms with van der Waals surface area (Å²) >= 11 is 0. The van der Waals surface area contributed by atoms with Gasteiger partial charge < -0.3 is 9.64 Å². The smallest absolute Gasteiger partial charge is 0.330 e. The van der Waals surface area contributed by atoms with E-state index in [1.165, 1.54) is 4.90 Å². The second-order valence-corrected chi connectivity index (χ2v) is 8.06. The third-order valence-electron chi connectivity index (χ3n) is 5.98. The number of anilines is 1. The predicted octanol–water partition coefficient (Wildman–Crippen LogP) is 2.30. The highest BCUT2D eigenvalue weighted by atomic mass is 16.5. The number of hydrogen-bond acceptors (Lipinski definition) is 5. The maximum Gasteiger partial charge on any atom is 0.330 e. The fourth-order valence-corrected chi connectivity index (χ4v) is 4.36. The molecule has 4 rings (SSSR count). The first-order chi connectivity index (χ1) is 14.3. The molecule has 2 aliphatic rings. The minimum Gasteiger partial charge on any atom is -0.497 e. The van der Waals surface area contributed by atoms with Crippen LogP contribution in [0.2, 0.25) is 0 Å². The molecule has 2 aliphatic heterocycles. The monoisotopic (exact) mass is 407 g/mol. The summed E-state index contributed by atoms with van der Waals surface area (Å²) in [6, 6.07) is 12.9. The van der Waals surface area contributed by atoms with E-state index in [0.29, 0.717) is 6.42 Å². The molecule has 1 N–H and O–H groups in total. The topological polar surface area (TPSA) is 79.0 Å². The number of carbonyl (C=O) groups is 3. The summed E-state index contributed by atoms with van der Waals surface area (Å²) in [4.78, 5) is 42.0. The van der Waals surface area contributed by atoms with Crippen LogP contribution in [0.1, 0.15) is 16.7 Å². The molecule has 1 fully saturated rings. The molecular weight excluding hydrogens is 382 g/mol. The third-order valence-corrected chi connectivity index (χ3v) is 5.98.